The van der Waals surface area contributed by atoms with Crippen molar-refractivity contribution in [3.8, 4) is 0 Å². The summed E-state index contributed by atoms with van der Waals surface area (Å²) >= 11 is 0. The predicted octanol–water partition coefficient (Wildman–Crippen LogP) is 1.94. The summed E-state index contributed by atoms with van der Waals surface area (Å²) in [5, 5.41) is 3.39. The van der Waals surface area contributed by atoms with Crippen LogP contribution < -0.4 is 9.62 Å². The van der Waals surface area contributed by atoms with Gasteiger partial charge >= 0.3 is 0 Å². The molecule has 112 valence electrons. The van der Waals surface area contributed by atoms with E-state index in [2.05, 4.69) is 18.3 Å². The average molecular weight is 296 g/mol. The van der Waals surface area contributed by atoms with Crippen molar-refractivity contribution in [2.24, 2.45) is 0 Å². The molecule has 0 radical (unpaired) electrons. The molecule has 1 aromatic carbocycles. The normalized spacial score (nSPS) is 18.4. The minimum atomic E-state index is -3.18. The first-order valence-corrected chi connectivity index (χ1v) is 9.10. The molecular weight excluding hydrogens is 272 g/mol. The summed E-state index contributed by atoms with van der Waals surface area (Å²) in [6.07, 6.45) is 4.21. The molecule has 0 bridgehead atoms. The van der Waals surface area contributed by atoms with Crippen molar-refractivity contribution in [3.63, 3.8) is 0 Å². The summed E-state index contributed by atoms with van der Waals surface area (Å²) < 4.78 is 25.2. The number of rotatable bonds is 6. The maximum Gasteiger partial charge on any atom is 0.232 e. The van der Waals surface area contributed by atoms with Gasteiger partial charge in [0.1, 0.15) is 0 Å². The molecule has 2 rings (SSSR count). The van der Waals surface area contributed by atoms with Crippen LogP contribution in [0.15, 0.2) is 18.2 Å². The fourth-order valence-electron chi connectivity index (χ4n) is 2.85. The second-order valence-corrected chi connectivity index (χ2v) is 7.43. The molecule has 1 unspecified atom stereocenters. The summed E-state index contributed by atoms with van der Waals surface area (Å²) in [5.74, 6) is 0. The molecule has 0 saturated heterocycles. The first-order valence-electron chi connectivity index (χ1n) is 7.25. The number of nitrogens with zero attached hydrogens (tertiary/aromatic N) is 1. The van der Waals surface area contributed by atoms with Crippen molar-refractivity contribution < 1.29 is 8.42 Å². The number of fused-ring (bicyclic) bond motifs is 1. The van der Waals surface area contributed by atoms with Crippen LogP contribution in [-0.2, 0) is 22.9 Å². The Bertz CT molecular complexity index is 569. The van der Waals surface area contributed by atoms with Crippen LogP contribution in [0.2, 0.25) is 0 Å². The van der Waals surface area contributed by atoms with Crippen molar-refractivity contribution in [2.45, 2.75) is 39.2 Å². The van der Waals surface area contributed by atoms with Gasteiger partial charge in [0, 0.05) is 6.04 Å². The molecule has 0 saturated carbocycles. The number of benzene rings is 1. The maximum atomic E-state index is 11.9. The summed E-state index contributed by atoms with van der Waals surface area (Å²) in [5.41, 5.74) is 3.27. The smallest absolute Gasteiger partial charge is 0.232 e. The highest BCUT2D eigenvalue weighted by molar-refractivity contribution is 7.92. The molecule has 0 aliphatic carbocycles. The van der Waals surface area contributed by atoms with Crippen molar-refractivity contribution in [3.05, 3.63) is 29.3 Å². The minimum absolute atomic E-state index is 0.0217. The Morgan fingerprint density at radius 2 is 2.10 bits per heavy atom. The monoisotopic (exact) mass is 296 g/mol. The number of nitrogens with one attached hydrogen (secondary N) is 1. The largest absolute Gasteiger partial charge is 0.316 e. The van der Waals surface area contributed by atoms with E-state index in [0.717, 1.165) is 43.6 Å². The third kappa shape index (κ3) is 3.33. The van der Waals surface area contributed by atoms with E-state index >= 15 is 0 Å². The molecule has 1 aromatic rings. The topological polar surface area (TPSA) is 49.4 Å². The van der Waals surface area contributed by atoms with Crippen molar-refractivity contribution in [2.75, 3.05) is 23.7 Å². The Hall–Kier alpha value is -1.07. The molecular formula is C15H24N2O2S. The molecule has 1 aliphatic heterocycles. The number of sulfonamides is 1. The van der Waals surface area contributed by atoms with E-state index in [9.17, 15) is 8.42 Å². The number of anilines is 1. The fourth-order valence-corrected chi connectivity index (χ4v) is 4.12. The van der Waals surface area contributed by atoms with Crippen LogP contribution in [0.1, 0.15) is 31.4 Å². The van der Waals surface area contributed by atoms with Crippen LogP contribution in [0, 0.1) is 0 Å². The molecule has 0 spiro atoms. The third-order valence-electron chi connectivity index (χ3n) is 3.67. The second kappa shape index (κ2) is 6.14. The van der Waals surface area contributed by atoms with E-state index in [1.54, 1.807) is 4.31 Å². The van der Waals surface area contributed by atoms with Crippen LogP contribution in [0.4, 0.5) is 5.69 Å². The highest BCUT2D eigenvalue weighted by atomic mass is 32.2. The minimum Gasteiger partial charge on any atom is -0.316 e. The molecule has 0 amide bonds. The van der Waals surface area contributed by atoms with Gasteiger partial charge in [-0.15, -0.1) is 0 Å². The Kier molecular flexibility index (Phi) is 4.70. The number of hydrogen-bond donors (Lipinski definition) is 1. The lowest BCUT2D eigenvalue weighted by molar-refractivity contribution is 0.590. The zero-order valence-corrected chi connectivity index (χ0v) is 13.3. The fraction of sp³-hybridized carbons (Fsp3) is 0.600. The maximum absolute atomic E-state index is 11.9. The summed E-state index contributed by atoms with van der Waals surface area (Å²) in [6, 6.07) is 6.18. The Balaban J connectivity index is 2.12. The summed E-state index contributed by atoms with van der Waals surface area (Å²) in [7, 11) is -3.18. The van der Waals surface area contributed by atoms with Crippen molar-refractivity contribution in [1.82, 2.24) is 5.32 Å². The molecule has 20 heavy (non-hydrogen) atoms. The molecule has 1 N–H and O–H groups in total. The van der Waals surface area contributed by atoms with Crippen LogP contribution in [0.25, 0.3) is 0 Å². The predicted molar refractivity (Wildman–Crippen MR) is 83.8 cm³/mol. The molecule has 1 atom stereocenters. The highest BCUT2D eigenvalue weighted by Gasteiger charge is 2.32. The average Bonchev–Trinajstić information content (AvgIpc) is 2.69. The Morgan fingerprint density at radius 3 is 2.75 bits per heavy atom. The molecule has 1 heterocycles. The summed E-state index contributed by atoms with van der Waals surface area (Å²) in [6.45, 7) is 6.13. The van der Waals surface area contributed by atoms with Crippen molar-refractivity contribution in [1.29, 1.82) is 0 Å². The zero-order chi connectivity index (χ0) is 14.8. The van der Waals surface area contributed by atoms with Gasteiger partial charge in [0.25, 0.3) is 0 Å². The molecule has 5 heteroatoms. The molecule has 0 fully saturated rings. The van der Waals surface area contributed by atoms with Crippen LogP contribution in [-0.4, -0.2) is 33.8 Å². The van der Waals surface area contributed by atoms with Gasteiger partial charge in [0.15, 0.2) is 0 Å². The van der Waals surface area contributed by atoms with E-state index in [1.165, 1.54) is 11.8 Å². The van der Waals surface area contributed by atoms with Gasteiger partial charge in [-0.25, -0.2) is 8.42 Å². The van der Waals surface area contributed by atoms with Gasteiger partial charge in [-0.1, -0.05) is 19.1 Å². The Morgan fingerprint density at radius 1 is 1.35 bits per heavy atom. The first kappa shape index (κ1) is 15.3. The van der Waals surface area contributed by atoms with Crippen molar-refractivity contribution >= 4 is 15.7 Å². The zero-order valence-electron chi connectivity index (χ0n) is 12.5. The van der Waals surface area contributed by atoms with Crippen LogP contribution in [0.3, 0.4) is 0 Å². The lowest BCUT2D eigenvalue weighted by Gasteiger charge is -2.22. The van der Waals surface area contributed by atoms with E-state index in [4.69, 9.17) is 0 Å². The Labute approximate surface area is 122 Å². The van der Waals surface area contributed by atoms with Gasteiger partial charge in [-0.05, 0) is 56.5 Å². The van der Waals surface area contributed by atoms with Crippen LogP contribution in [0.5, 0.6) is 0 Å². The van der Waals surface area contributed by atoms with Gasteiger partial charge in [-0.2, -0.15) is 0 Å². The SMILES string of the molecule is CCCNCCc1ccc2c(c1)CC(C)N2S(C)(=O)=O. The summed E-state index contributed by atoms with van der Waals surface area (Å²) in [4.78, 5) is 0. The highest BCUT2D eigenvalue weighted by Crippen LogP contribution is 2.34. The van der Waals surface area contributed by atoms with Gasteiger partial charge in [-0.3, -0.25) is 4.31 Å². The van der Waals surface area contributed by atoms with E-state index in [0.29, 0.717) is 0 Å². The van der Waals surface area contributed by atoms with Gasteiger partial charge in [0.2, 0.25) is 10.0 Å². The third-order valence-corrected chi connectivity index (χ3v) is 4.94. The lowest BCUT2D eigenvalue weighted by atomic mass is 10.0. The van der Waals surface area contributed by atoms with E-state index in [-0.39, 0.29) is 6.04 Å². The van der Waals surface area contributed by atoms with Gasteiger partial charge in [0.05, 0.1) is 11.9 Å². The number of hydrogen-bond acceptors (Lipinski definition) is 3. The molecule has 4 nitrogen and oxygen atoms in total. The van der Waals surface area contributed by atoms with E-state index < -0.39 is 10.0 Å². The quantitative estimate of drug-likeness (QED) is 0.816. The van der Waals surface area contributed by atoms with Crippen LogP contribution >= 0.6 is 0 Å². The van der Waals surface area contributed by atoms with E-state index in [1.807, 2.05) is 19.1 Å². The second-order valence-electron chi connectivity index (χ2n) is 5.58. The molecule has 1 aliphatic rings. The first-order chi connectivity index (χ1) is 9.43. The standard InChI is InChI=1S/C15H24N2O2S/c1-4-8-16-9-7-13-5-6-15-14(11-13)10-12(2)17(15)20(3,18)19/h5-6,11-12,16H,4,7-10H2,1-3H3. The molecule has 0 aromatic heterocycles. The van der Waals surface area contributed by atoms with Gasteiger partial charge < -0.3 is 5.32 Å². The lowest BCUT2D eigenvalue weighted by Crippen LogP contribution is -2.34.